The number of aryl methyl sites for hydroxylation is 1. The summed E-state index contributed by atoms with van der Waals surface area (Å²) in [5.74, 6) is 1.04. The van der Waals surface area contributed by atoms with Crippen LogP contribution in [0.4, 0.5) is 10.9 Å². The molecule has 2 N–H and O–H groups in total. The number of fused-ring (bicyclic) bond motifs is 3. The number of nitrogens with two attached hydrogens (primary N) is 1. The van der Waals surface area contributed by atoms with Gasteiger partial charge in [-0.2, -0.15) is 5.10 Å². The first-order chi connectivity index (χ1) is 15.3. The van der Waals surface area contributed by atoms with Crippen LogP contribution in [0.25, 0.3) is 27.5 Å². The maximum Gasteiger partial charge on any atom is 0.180 e. The summed E-state index contributed by atoms with van der Waals surface area (Å²) in [7, 11) is 0. The van der Waals surface area contributed by atoms with E-state index in [1.807, 2.05) is 23.1 Å². The van der Waals surface area contributed by atoms with E-state index < -0.39 is 0 Å². The smallest absolute Gasteiger partial charge is 0.180 e. The number of piperidine rings is 1. The van der Waals surface area contributed by atoms with Crippen LogP contribution in [-0.2, 0) is 12.8 Å². The second kappa shape index (κ2) is 7.46. The van der Waals surface area contributed by atoms with Crippen LogP contribution in [0, 0.1) is 0 Å². The zero-order valence-corrected chi connectivity index (χ0v) is 18.0. The third-order valence-electron chi connectivity index (χ3n) is 6.12. The van der Waals surface area contributed by atoms with Gasteiger partial charge in [-0.1, -0.05) is 11.3 Å². The Labute approximate surface area is 184 Å². The van der Waals surface area contributed by atoms with Crippen molar-refractivity contribution in [2.75, 3.05) is 23.7 Å². The molecule has 8 heteroatoms. The van der Waals surface area contributed by atoms with E-state index in [-0.39, 0.29) is 0 Å². The van der Waals surface area contributed by atoms with E-state index in [4.69, 9.17) is 15.8 Å². The molecule has 0 saturated carbocycles. The minimum atomic E-state index is 0.604. The number of anilines is 2. The Hall–Kier alpha value is -3.26. The second-order valence-corrected chi connectivity index (χ2v) is 9.11. The van der Waals surface area contributed by atoms with Crippen molar-refractivity contribution in [2.24, 2.45) is 0 Å². The first-order valence-corrected chi connectivity index (χ1v) is 11.6. The first-order valence-electron chi connectivity index (χ1n) is 10.8. The number of aromatic nitrogens is 5. The lowest BCUT2D eigenvalue weighted by Crippen LogP contribution is -2.30. The Morgan fingerprint density at radius 2 is 1.90 bits per heavy atom. The summed E-state index contributed by atoms with van der Waals surface area (Å²) in [6.45, 7) is 2.16. The number of nitrogen functional groups attached to an aromatic ring is 1. The maximum absolute atomic E-state index is 6.07. The predicted molar refractivity (Wildman–Crippen MR) is 124 cm³/mol. The summed E-state index contributed by atoms with van der Waals surface area (Å²) >= 11 is 1.54. The first kappa shape index (κ1) is 18.5. The van der Waals surface area contributed by atoms with E-state index >= 15 is 0 Å². The van der Waals surface area contributed by atoms with E-state index in [9.17, 15) is 0 Å². The fraction of sp³-hybridized carbons (Fsp3) is 0.304. The van der Waals surface area contributed by atoms with Crippen LogP contribution in [0.2, 0.25) is 0 Å². The van der Waals surface area contributed by atoms with Gasteiger partial charge in [-0.05, 0) is 56.4 Å². The normalized spacial score (nSPS) is 15.5. The molecule has 0 radical (unpaired) electrons. The van der Waals surface area contributed by atoms with Crippen molar-refractivity contribution >= 4 is 22.3 Å². The summed E-state index contributed by atoms with van der Waals surface area (Å²) in [5, 5.41) is 5.65. The number of thiazole rings is 1. The van der Waals surface area contributed by atoms with Crippen molar-refractivity contribution in [1.29, 1.82) is 0 Å². The Morgan fingerprint density at radius 3 is 2.68 bits per heavy atom. The summed E-state index contributed by atoms with van der Waals surface area (Å²) in [4.78, 5) is 17.1. The predicted octanol–water partition coefficient (Wildman–Crippen LogP) is 4.12. The largest absolute Gasteiger partial charge is 0.375 e. The van der Waals surface area contributed by atoms with Gasteiger partial charge in [0.15, 0.2) is 5.13 Å². The Bertz CT molecular complexity index is 1220. The topological polar surface area (TPSA) is 85.8 Å². The number of nitrogens with zero attached hydrogens (tertiary/aromatic N) is 6. The lowest BCUT2D eigenvalue weighted by Gasteiger charge is -2.27. The second-order valence-electron chi connectivity index (χ2n) is 8.08. The van der Waals surface area contributed by atoms with Gasteiger partial charge in [-0.25, -0.2) is 14.6 Å². The van der Waals surface area contributed by atoms with Crippen LogP contribution < -0.4 is 10.6 Å². The third kappa shape index (κ3) is 3.18. The van der Waals surface area contributed by atoms with Crippen molar-refractivity contribution in [3.8, 4) is 27.5 Å². The minimum absolute atomic E-state index is 0.604. The molecule has 31 heavy (non-hydrogen) atoms. The molecule has 1 aliphatic heterocycles. The Kier molecular flexibility index (Phi) is 4.45. The highest BCUT2D eigenvalue weighted by Gasteiger charge is 2.29. The molecule has 156 valence electrons. The minimum Gasteiger partial charge on any atom is -0.375 e. The fourth-order valence-electron chi connectivity index (χ4n) is 4.62. The highest BCUT2D eigenvalue weighted by molar-refractivity contribution is 7.18. The van der Waals surface area contributed by atoms with Crippen LogP contribution in [0.1, 0.15) is 30.5 Å². The van der Waals surface area contributed by atoms with Gasteiger partial charge >= 0.3 is 0 Å². The average molecular weight is 430 g/mol. The molecule has 0 unspecified atom stereocenters. The van der Waals surface area contributed by atoms with Gasteiger partial charge in [0, 0.05) is 36.6 Å². The van der Waals surface area contributed by atoms with Crippen LogP contribution >= 0.6 is 11.3 Å². The van der Waals surface area contributed by atoms with E-state index in [2.05, 4.69) is 33.1 Å². The molecule has 0 atom stereocenters. The maximum atomic E-state index is 6.07. The number of hydrogen-bond acceptors (Lipinski definition) is 7. The van der Waals surface area contributed by atoms with Crippen LogP contribution in [0.5, 0.6) is 0 Å². The Balaban J connectivity index is 1.48. The molecule has 1 fully saturated rings. The lowest BCUT2D eigenvalue weighted by atomic mass is 9.95. The molecule has 0 aromatic carbocycles. The van der Waals surface area contributed by atoms with Crippen molar-refractivity contribution in [3.63, 3.8) is 0 Å². The van der Waals surface area contributed by atoms with Gasteiger partial charge in [0.05, 0.1) is 33.8 Å². The third-order valence-corrected chi connectivity index (χ3v) is 7.05. The molecule has 6 rings (SSSR count). The molecule has 5 heterocycles. The van der Waals surface area contributed by atoms with E-state index in [1.54, 1.807) is 6.20 Å². The van der Waals surface area contributed by atoms with E-state index in [1.165, 1.54) is 36.2 Å². The van der Waals surface area contributed by atoms with E-state index in [0.717, 1.165) is 65.0 Å². The van der Waals surface area contributed by atoms with Gasteiger partial charge in [-0.3, -0.25) is 4.98 Å². The SMILES string of the molecule is Nc1nc2c(s1)-c1c(c(-c3cccnc3)nn1-c1ccc(N3CCCCC3)nc1)CC2. The monoisotopic (exact) mass is 429 g/mol. The molecule has 1 aliphatic carbocycles. The molecule has 7 nitrogen and oxygen atoms in total. The molecule has 0 spiro atoms. The molecular formula is C23H23N7S. The molecule has 4 aromatic rings. The average Bonchev–Trinajstić information content (AvgIpc) is 3.40. The number of rotatable bonds is 3. The van der Waals surface area contributed by atoms with Gasteiger partial charge < -0.3 is 10.6 Å². The highest BCUT2D eigenvalue weighted by Crippen LogP contribution is 2.43. The lowest BCUT2D eigenvalue weighted by molar-refractivity contribution is 0.573. The molecule has 0 bridgehead atoms. The highest BCUT2D eigenvalue weighted by atomic mass is 32.1. The summed E-state index contributed by atoms with van der Waals surface area (Å²) in [6.07, 6.45) is 11.1. The van der Waals surface area contributed by atoms with E-state index in [0.29, 0.717) is 5.13 Å². The van der Waals surface area contributed by atoms with Gasteiger partial charge in [-0.15, -0.1) is 0 Å². The van der Waals surface area contributed by atoms with Gasteiger partial charge in [0.2, 0.25) is 0 Å². The Morgan fingerprint density at radius 1 is 1.00 bits per heavy atom. The fourth-order valence-corrected chi connectivity index (χ4v) is 5.56. The molecule has 0 amide bonds. The molecular weight excluding hydrogens is 406 g/mol. The number of pyridine rings is 2. The van der Waals surface area contributed by atoms with Crippen LogP contribution in [0.15, 0.2) is 42.9 Å². The summed E-state index contributed by atoms with van der Waals surface area (Å²) in [6, 6.07) is 8.25. The summed E-state index contributed by atoms with van der Waals surface area (Å²) in [5.41, 5.74) is 12.4. The number of hydrogen-bond donors (Lipinski definition) is 1. The van der Waals surface area contributed by atoms with Crippen LogP contribution in [-0.4, -0.2) is 37.8 Å². The molecule has 4 aromatic heterocycles. The zero-order chi connectivity index (χ0) is 20.8. The van der Waals surface area contributed by atoms with Crippen molar-refractivity contribution in [3.05, 3.63) is 54.1 Å². The van der Waals surface area contributed by atoms with Crippen molar-refractivity contribution < 1.29 is 0 Å². The summed E-state index contributed by atoms with van der Waals surface area (Å²) < 4.78 is 2.01. The molecule has 1 saturated heterocycles. The quantitative estimate of drug-likeness (QED) is 0.527. The standard InChI is InChI=1S/C23H23N7S/c24-23-27-18-8-7-17-20(15-5-4-10-25-13-15)28-30(21(17)22(18)31-23)16-6-9-19(26-14-16)29-11-2-1-3-12-29/h4-6,9-10,13-14H,1-3,7-8,11-12H2,(H2,24,27). The van der Waals surface area contributed by atoms with Gasteiger partial charge in [0.1, 0.15) is 5.82 Å². The van der Waals surface area contributed by atoms with Crippen molar-refractivity contribution in [1.82, 2.24) is 24.7 Å². The van der Waals surface area contributed by atoms with Crippen LogP contribution in [0.3, 0.4) is 0 Å². The van der Waals surface area contributed by atoms with Crippen molar-refractivity contribution in [2.45, 2.75) is 32.1 Å². The van der Waals surface area contributed by atoms with Gasteiger partial charge in [0.25, 0.3) is 0 Å². The zero-order valence-electron chi connectivity index (χ0n) is 17.2. The molecule has 2 aliphatic rings.